The number of rotatable bonds is 3. The standard InChI is InChI=1S/C23H26N2O3/c1-16-3-8-20(17(2)15-16)18-4-6-19(7-5-18)21(26)24-11-13-25(14-12-24)22(27)23(28)9-10-23/h3-8,15,28H,9-14H2,1-2H3. The van der Waals surface area contributed by atoms with Crippen LogP contribution in [0, 0.1) is 13.8 Å². The van der Waals surface area contributed by atoms with Crippen molar-refractivity contribution in [3.8, 4) is 11.1 Å². The molecule has 2 aliphatic rings. The van der Waals surface area contributed by atoms with E-state index >= 15 is 0 Å². The number of aliphatic hydroxyl groups is 1. The van der Waals surface area contributed by atoms with Crippen LogP contribution in [-0.2, 0) is 4.79 Å². The zero-order valence-electron chi connectivity index (χ0n) is 16.4. The minimum atomic E-state index is -1.13. The molecule has 2 amide bonds. The van der Waals surface area contributed by atoms with Gasteiger partial charge in [-0.05, 0) is 55.5 Å². The molecule has 0 atom stereocenters. The van der Waals surface area contributed by atoms with E-state index in [9.17, 15) is 14.7 Å². The molecule has 28 heavy (non-hydrogen) atoms. The molecule has 146 valence electrons. The van der Waals surface area contributed by atoms with Crippen LogP contribution in [0.15, 0.2) is 42.5 Å². The molecule has 2 aromatic rings. The number of carbonyl (C=O) groups is 2. The largest absolute Gasteiger partial charge is 0.380 e. The van der Waals surface area contributed by atoms with Gasteiger partial charge in [0.25, 0.3) is 11.8 Å². The Morgan fingerprint density at radius 3 is 2.07 bits per heavy atom. The summed E-state index contributed by atoms with van der Waals surface area (Å²) in [6, 6.07) is 14.1. The minimum absolute atomic E-state index is 0.00980. The Morgan fingerprint density at radius 1 is 0.893 bits per heavy atom. The molecule has 0 unspecified atom stereocenters. The van der Waals surface area contributed by atoms with E-state index in [0.717, 1.165) is 5.56 Å². The molecule has 5 heteroatoms. The minimum Gasteiger partial charge on any atom is -0.380 e. The lowest BCUT2D eigenvalue weighted by Gasteiger charge is -2.35. The van der Waals surface area contributed by atoms with Gasteiger partial charge in [0.05, 0.1) is 0 Å². The maximum Gasteiger partial charge on any atom is 0.254 e. The number of hydrogen-bond donors (Lipinski definition) is 1. The summed E-state index contributed by atoms with van der Waals surface area (Å²) in [4.78, 5) is 28.5. The third-order valence-electron chi connectivity index (χ3n) is 5.80. The normalized spacial score (nSPS) is 18.1. The van der Waals surface area contributed by atoms with Crippen LogP contribution in [-0.4, -0.2) is 58.5 Å². The van der Waals surface area contributed by atoms with Crippen molar-refractivity contribution < 1.29 is 14.7 Å². The summed E-state index contributed by atoms with van der Waals surface area (Å²) in [7, 11) is 0. The molecule has 1 aliphatic carbocycles. The first kappa shape index (κ1) is 18.7. The van der Waals surface area contributed by atoms with Crippen molar-refractivity contribution in [2.45, 2.75) is 32.3 Å². The Hall–Kier alpha value is -2.66. The monoisotopic (exact) mass is 378 g/mol. The van der Waals surface area contributed by atoms with Gasteiger partial charge in [-0.15, -0.1) is 0 Å². The topological polar surface area (TPSA) is 60.9 Å². The predicted octanol–water partition coefficient (Wildman–Crippen LogP) is 2.78. The molecule has 0 spiro atoms. The molecule has 1 N–H and O–H groups in total. The van der Waals surface area contributed by atoms with E-state index in [-0.39, 0.29) is 11.8 Å². The van der Waals surface area contributed by atoms with E-state index in [4.69, 9.17) is 0 Å². The molecule has 0 bridgehead atoms. The number of benzene rings is 2. The molecule has 1 heterocycles. The molecular formula is C23H26N2O3. The number of piperazine rings is 1. The van der Waals surface area contributed by atoms with Crippen LogP contribution >= 0.6 is 0 Å². The van der Waals surface area contributed by atoms with Crippen LogP contribution in [0.5, 0.6) is 0 Å². The maximum atomic E-state index is 12.8. The molecule has 1 saturated heterocycles. The van der Waals surface area contributed by atoms with Crippen molar-refractivity contribution in [2.24, 2.45) is 0 Å². The SMILES string of the molecule is Cc1ccc(-c2ccc(C(=O)N3CCN(C(=O)C4(O)CC4)CC3)cc2)c(C)c1. The first-order valence-electron chi connectivity index (χ1n) is 9.86. The van der Waals surface area contributed by atoms with Gasteiger partial charge in [-0.25, -0.2) is 0 Å². The number of nitrogens with zero attached hydrogens (tertiary/aromatic N) is 2. The lowest BCUT2D eigenvalue weighted by molar-refractivity contribution is -0.143. The van der Waals surface area contributed by atoms with Crippen molar-refractivity contribution in [3.63, 3.8) is 0 Å². The smallest absolute Gasteiger partial charge is 0.254 e. The third-order valence-corrected chi connectivity index (χ3v) is 5.80. The predicted molar refractivity (Wildman–Crippen MR) is 108 cm³/mol. The van der Waals surface area contributed by atoms with Gasteiger partial charge in [-0.2, -0.15) is 0 Å². The summed E-state index contributed by atoms with van der Waals surface area (Å²) in [6.45, 7) is 6.14. The first-order valence-corrected chi connectivity index (χ1v) is 9.86. The number of amides is 2. The Labute approximate surface area is 165 Å². The van der Waals surface area contributed by atoms with E-state index in [0.29, 0.717) is 44.6 Å². The highest BCUT2D eigenvalue weighted by atomic mass is 16.3. The highest BCUT2D eigenvalue weighted by Gasteiger charge is 2.50. The molecule has 0 radical (unpaired) electrons. The molecule has 1 saturated carbocycles. The van der Waals surface area contributed by atoms with Gasteiger partial charge in [0.15, 0.2) is 0 Å². The second-order valence-corrected chi connectivity index (χ2v) is 8.01. The van der Waals surface area contributed by atoms with Crippen molar-refractivity contribution >= 4 is 11.8 Å². The first-order chi connectivity index (χ1) is 13.4. The van der Waals surface area contributed by atoms with Gasteiger partial charge in [-0.1, -0.05) is 35.9 Å². The highest BCUT2D eigenvalue weighted by molar-refractivity contribution is 5.95. The fraction of sp³-hybridized carbons (Fsp3) is 0.391. The fourth-order valence-corrected chi connectivity index (χ4v) is 3.85. The summed E-state index contributed by atoms with van der Waals surface area (Å²) in [5, 5.41) is 9.99. The van der Waals surface area contributed by atoms with Gasteiger partial charge in [-0.3, -0.25) is 9.59 Å². The Morgan fingerprint density at radius 2 is 1.50 bits per heavy atom. The zero-order chi connectivity index (χ0) is 19.9. The van der Waals surface area contributed by atoms with E-state index in [1.807, 2.05) is 24.3 Å². The van der Waals surface area contributed by atoms with Gasteiger partial charge < -0.3 is 14.9 Å². The van der Waals surface area contributed by atoms with Gasteiger partial charge in [0.2, 0.25) is 0 Å². The zero-order valence-corrected chi connectivity index (χ0v) is 16.4. The Kier molecular flexibility index (Phi) is 4.71. The van der Waals surface area contributed by atoms with Crippen molar-refractivity contribution in [2.75, 3.05) is 26.2 Å². The van der Waals surface area contributed by atoms with Crippen LogP contribution in [0.3, 0.4) is 0 Å². The summed E-state index contributed by atoms with van der Waals surface area (Å²) >= 11 is 0. The van der Waals surface area contributed by atoms with E-state index in [1.54, 1.807) is 9.80 Å². The quantitative estimate of drug-likeness (QED) is 0.893. The van der Waals surface area contributed by atoms with Crippen LogP contribution in [0.2, 0.25) is 0 Å². The third kappa shape index (κ3) is 3.54. The molecule has 4 rings (SSSR count). The Bertz CT molecular complexity index is 908. The molecule has 0 aromatic heterocycles. The molecule has 1 aliphatic heterocycles. The highest BCUT2D eigenvalue weighted by Crippen LogP contribution is 2.37. The molecular weight excluding hydrogens is 352 g/mol. The van der Waals surface area contributed by atoms with Gasteiger partial charge in [0.1, 0.15) is 5.60 Å². The van der Waals surface area contributed by atoms with Crippen LogP contribution in [0.4, 0.5) is 0 Å². The summed E-state index contributed by atoms with van der Waals surface area (Å²) < 4.78 is 0. The van der Waals surface area contributed by atoms with Gasteiger partial charge in [0, 0.05) is 31.7 Å². The lowest BCUT2D eigenvalue weighted by Crippen LogP contribution is -2.53. The van der Waals surface area contributed by atoms with Crippen molar-refractivity contribution in [3.05, 3.63) is 59.2 Å². The molecule has 5 nitrogen and oxygen atoms in total. The fourth-order valence-electron chi connectivity index (χ4n) is 3.85. The van der Waals surface area contributed by atoms with E-state index in [1.165, 1.54) is 16.7 Å². The second-order valence-electron chi connectivity index (χ2n) is 8.01. The molecule has 2 aromatic carbocycles. The summed E-state index contributed by atoms with van der Waals surface area (Å²) in [6.07, 6.45) is 1.11. The van der Waals surface area contributed by atoms with Crippen molar-refractivity contribution in [1.82, 2.24) is 9.80 Å². The van der Waals surface area contributed by atoms with Crippen LogP contribution in [0.1, 0.15) is 34.3 Å². The van der Waals surface area contributed by atoms with E-state index in [2.05, 4.69) is 32.0 Å². The summed E-state index contributed by atoms with van der Waals surface area (Å²) in [5.74, 6) is -0.193. The lowest BCUT2D eigenvalue weighted by atomic mass is 9.98. The average Bonchev–Trinajstić information content (AvgIpc) is 3.46. The van der Waals surface area contributed by atoms with Crippen molar-refractivity contribution in [1.29, 1.82) is 0 Å². The van der Waals surface area contributed by atoms with Gasteiger partial charge >= 0.3 is 0 Å². The maximum absolute atomic E-state index is 12.8. The number of carbonyl (C=O) groups excluding carboxylic acids is 2. The van der Waals surface area contributed by atoms with Crippen LogP contribution in [0.25, 0.3) is 11.1 Å². The number of hydrogen-bond acceptors (Lipinski definition) is 3. The molecule has 2 fully saturated rings. The van der Waals surface area contributed by atoms with Crippen LogP contribution < -0.4 is 0 Å². The Balaban J connectivity index is 1.41. The average molecular weight is 378 g/mol. The number of aryl methyl sites for hydroxylation is 2. The second kappa shape index (κ2) is 7.06. The van der Waals surface area contributed by atoms with E-state index < -0.39 is 5.60 Å². The summed E-state index contributed by atoms with van der Waals surface area (Å²) in [5.41, 5.74) is 4.26.